The summed E-state index contributed by atoms with van der Waals surface area (Å²) in [5.74, 6) is 2.61. The lowest BCUT2D eigenvalue weighted by atomic mass is 9.84. The molecule has 1 aromatic carbocycles. The molecule has 0 amide bonds. The number of esters is 1. The molecule has 1 heterocycles. The van der Waals surface area contributed by atoms with Gasteiger partial charge in [0.1, 0.15) is 6.10 Å². The third-order valence-corrected chi connectivity index (χ3v) is 5.25. The second-order valence-corrected chi connectivity index (χ2v) is 8.32. The van der Waals surface area contributed by atoms with E-state index < -0.39 is 0 Å². The van der Waals surface area contributed by atoms with Crippen molar-refractivity contribution in [3.8, 4) is 11.5 Å². The monoisotopic (exact) mass is 452 g/mol. The highest BCUT2D eigenvalue weighted by Crippen LogP contribution is 2.32. The molecule has 2 unspecified atom stereocenters. The number of hydrogen-bond acceptors (Lipinski definition) is 5. The van der Waals surface area contributed by atoms with Crippen LogP contribution in [0.2, 0.25) is 0 Å². The highest BCUT2D eigenvalue weighted by atomic mass is 16.5. The van der Waals surface area contributed by atoms with Crippen LogP contribution in [-0.4, -0.2) is 39.5 Å². The van der Waals surface area contributed by atoms with Crippen molar-refractivity contribution in [1.82, 2.24) is 0 Å². The lowest BCUT2D eigenvalue weighted by molar-refractivity contribution is -0.141. The Labute approximate surface area is 197 Å². The molecular weight excluding hydrogens is 404 g/mol. The fraction of sp³-hybridized carbons (Fsp3) is 0.741. The van der Waals surface area contributed by atoms with Crippen molar-refractivity contribution in [2.75, 3.05) is 27.4 Å². The van der Waals surface area contributed by atoms with Gasteiger partial charge in [-0.15, -0.1) is 0 Å². The molecule has 0 N–H and O–H groups in total. The Balaban J connectivity index is 0.00000177. The van der Waals surface area contributed by atoms with Crippen LogP contribution in [0.3, 0.4) is 0 Å². The van der Waals surface area contributed by atoms with Crippen LogP contribution in [0.5, 0.6) is 11.5 Å². The molecule has 32 heavy (non-hydrogen) atoms. The van der Waals surface area contributed by atoms with E-state index in [2.05, 4.69) is 39.8 Å². The second-order valence-electron chi connectivity index (χ2n) is 8.32. The predicted octanol–water partition coefficient (Wildman–Crippen LogP) is 6.85. The summed E-state index contributed by atoms with van der Waals surface area (Å²) in [6.45, 7) is 14.1. The summed E-state index contributed by atoms with van der Waals surface area (Å²) >= 11 is 0. The van der Waals surface area contributed by atoms with Crippen LogP contribution >= 0.6 is 0 Å². The number of cyclic esters (lactones) is 1. The first-order valence-electron chi connectivity index (χ1n) is 12.4. The average Bonchev–Trinajstić information content (AvgIpc) is 3.21. The van der Waals surface area contributed by atoms with E-state index in [1.54, 1.807) is 14.2 Å². The van der Waals surface area contributed by atoms with Crippen LogP contribution in [0, 0.1) is 11.8 Å². The SMILES string of the molecule is CC.CCC.COCCCOc1cc(CC(CCC2CCC(=O)O2)C(C)C)ccc1OC. The highest BCUT2D eigenvalue weighted by Gasteiger charge is 2.25. The van der Waals surface area contributed by atoms with Crippen LogP contribution in [0.1, 0.15) is 85.6 Å². The standard InChI is InChI=1S/C22H34O5.C3H8.C2H6/c1-16(2)18(7-8-19-9-11-22(23)27-19)14-17-6-10-20(25-4)21(15-17)26-13-5-12-24-3;1-3-2;1-2/h6,10,15-16,18-19H,5,7-9,11-14H2,1-4H3;3H2,1-2H3;1-2H3. The van der Waals surface area contributed by atoms with Gasteiger partial charge < -0.3 is 18.9 Å². The quantitative estimate of drug-likeness (QED) is 0.256. The van der Waals surface area contributed by atoms with Gasteiger partial charge in [-0.2, -0.15) is 0 Å². The van der Waals surface area contributed by atoms with Crippen LogP contribution in [0.4, 0.5) is 0 Å². The van der Waals surface area contributed by atoms with Crippen LogP contribution in [0.25, 0.3) is 0 Å². The molecule has 0 aliphatic carbocycles. The Morgan fingerprint density at radius 2 is 1.78 bits per heavy atom. The maximum Gasteiger partial charge on any atom is 0.306 e. The first-order valence-corrected chi connectivity index (χ1v) is 12.4. The summed E-state index contributed by atoms with van der Waals surface area (Å²) in [4.78, 5) is 11.3. The summed E-state index contributed by atoms with van der Waals surface area (Å²) in [5, 5.41) is 0. The molecule has 1 aliphatic heterocycles. The maximum absolute atomic E-state index is 11.3. The molecule has 0 aromatic heterocycles. The molecule has 2 rings (SSSR count). The van der Waals surface area contributed by atoms with Gasteiger partial charge in [-0.25, -0.2) is 0 Å². The summed E-state index contributed by atoms with van der Waals surface area (Å²) < 4.78 is 21.8. The van der Waals surface area contributed by atoms with E-state index in [1.807, 2.05) is 19.9 Å². The van der Waals surface area contributed by atoms with Crippen molar-refractivity contribution in [2.24, 2.45) is 11.8 Å². The van der Waals surface area contributed by atoms with E-state index in [9.17, 15) is 4.79 Å². The van der Waals surface area contributed by atoms with E-state index in [0.717, 1.165) is 43.6 Å². The van der Waals surface area contributed by atoms with Crippen LogP contribution in [0.15, 0.2) is 18.2 Å². The lowest BCUT2D eigenvalue weighted by Crippen LogP contribution is -2.16. The predicted molar refractivity (Wildman–Crippen MR) is 133 cm³/mol. The molecular formula is C27H48O5. The topological polar surface area (TPSA) is 54.0 Å². The van der Waals surface area contributed by atoms with E-state index in [-0.39, 0.29) is 12.1 Å². The van der Waals surface area contributed by atoms with Gasteiger partial charge in [-0.1, -0.05) is 54.0 Å². The van der Waals surface area contributed by atoms with Gasteiger partial charge in [0, 0.05) is 26.6 Å². The second kappa shape index (κ2) is 18.8. The van der Waals surface area contributed by atoms with Crippen molar-refractivity contribution in [3.63, 3.8) is 0 Å². The summed E-state index contributed by atoms with van der Waals surface area (Å²) in [5.41, 5.74) is 1.25. The van der Waals surface area contributed by atoms with Crippen molar-refractivity contribution in [2.45, 2.75) is 92.6 Å². The lowest BCUT2D eigenvalue weighted by Gasteiger charge is -2.23. The van der Waals surface area contributed by atoms with Gasteiger partial charge in [-0.3, -0.25) is 4.79 Å². The summed E-state index contributed by atoms with van der Waals surface area (Å²) in [7, 11) is 3.36. The van der Waals surface area contributed by atoms with Gasteiger partial charge in [0.25, 0.3) is 0 Å². The minimum absolute atomic E-state index is 0.0495. The molecule has 5 heteroatoms. The van der Waals surface area contributed by atoms with E-state index in [1.165, 1.54) is 12.0 Å². The minimum Gasteiger partial charge on any atom is -0.493 e. The first-order chi connectivity index (χ1) is 15.4. The average molecular weight is 453 g/mol. The molecule has 1 aromatic rings. The molecule has 186 valence electrons. The Morgan fingerprint density at radius 1 is 1.09 bits per heavy atom. The molecule has 5 nitrogen and oxygen atoms in total. The zero-order valence-electron chi connectivity index (χ0n) is 21.9. The maximum atomic E-state index is 11.3. The normalized spacial score (nSPS) is 15.8. The number of benzene rings is 1. The smallest absolute Gasteiger partial charge is 0.306 e. The number of carbonyl (C=O) groups is 1. The molecule has 0 saturated carbocycles. The molecule has 0 bridgehead atoms. The first kappa shape index (κ1) is 30.2. The molecule has 0 radical (unpaired) electrons. The molecule has 1 aliphatic rings. The molecule has 1 saturated heterocycles. The number of hydrogen-bond donors (Lipinski definition) is 0. The zero-order chi connectivity index (χ0) is 24.4. The number of carbonyl (C=O) groups excluding carboxylic acids is 1. The van der Waals surface area contributed by atoms with Gasteiger partial charge in [-0.05, 0) is 55.2 Å². The van der Waals surface area contributed by atoms with Gasteiger partial charge in [0.2, 0.25) is 0 Å². The van der Waals surface area contributed by atoms with Crippen molar-refractivity contribution >= 4 is 5.97 Å². The van der Waals surface area contributed by atoms with Crippen molar-refractivity contribution < 1.29 is 23.7 Å². The van der Waals surface area contributed by atoms with Gasteiger partial charge in [0.15, 0.2) is 11.5 Å². The van der Waals surface area contributed by atoms with Crippen molar-refractivity contribution in [3.05, 3.63) is 23.8 Å². The van der Waals surface area contributed by atoms with E-state index in [4.69, 9.17) is 18.9 Å². The fourth-order valence-corrected chi connectivity index (χ4v) is 3.51. The Bertz CT molecular complexity index is 600. The van der Waals surface area contributed by atoms with Crippen LogP contribution < -0.4 is 9.47 Å². The third kappa shape index (κ3) is 12.3. The minimum atomic E-state index is -0.0495. The number of rotatable bonds is 12. The Hall–Kier alpha value is -1.75. The van der Waals surface area contributed by atoms with Crippen molar-refractivity contribution in [1.29, 1.82) is 0 Å². The summed E-state index contributed by atoms with van der Waals surface area (Å²) in [6.07, 6.45) is 6.63. The molecule has 0 spiro atoms. The zero-order valence-corrected chi connectivity index (χ0v) is 21.9. The highest BCUT2D eigenvalue weighted by molar-refractivity contribution is 5.71. The molecule has 1 fully saturated rings. The van der Waals surface area contributed by atoms with Gasteiger partial charge >= 0.3 is 5.97 Å². The van der Waals surface area contributed by atoms with Gasteiger partial charge in [0.05, 0.1) is 13.7 Å². The molecule has 2 atom stereocenters. The van der Waals surface area contributed by atoms with E-state index in [0.29, 0.717) is 31.5 Å². The third-order valence-electron chi connectivity index (χ3n) is 5.25. The van der Waals surface area contributed by atoms with Crippen LogP contribution in [-0.2, 0) is 20.7 Å². The fourth-order valence-electron chi connectivity index (χ4n) is 3.51. The number of methoxy groups -OCH3 is 2. The van der Waals surface area contributed by atoms with E-state index >= 15 is 0 Å². The Kier molecular flexibility index (Phi) is 17.8. The summed E-state index contributed by atoms with van der Waals surface area (Å²) in [6, 6.07) is 6.19. The largest absolute Gasteiger partial charge is 0.493 e. The number of ether oxygens (including phenoxy) is 4. The Morgan fingerprint density at radius 3 is 2.31 bits per heavy atom.